The van der Waals surface area contributed by atoms with Crippen LogP contribution < -0.4 is 4.57 Å². The van der Waals surface area contributed by atoms with Crippen LogP contribution in [0.5, 0.6) is 0 Å². The number of aromatic nitrogens is 2. The van der Waals surface area contributed by atoms with E-state index in [2.05, 4.69) is 148 Å². The molecular formula is C39H37N2O+. The lowest BCUT2D eigenvalue weighted by Crippen LogP contribution is -2.30. The molecule has 0 amide bonds. The third-order valence-corrected chi connectivity index (χ3v) is 8.72. The lowest BCUT2D eigenvalue weighted by molar-refractivity contribution is -0.633. The number of aryl methyl sites for hydroxylation is 2. The van der Waals surface area contributed by atoms with Crippen molar-refractivity contribution in [2.45, 2.75) is 46.5 Å². The molecule has 0 spiro atoms. The maximum absolute atomic E-state index is 6.27. The van der Waals surface area contributed by atoms with Crippen molar-refractivity contribution in [1.29, 1.82) is 0 Å². The zero-order valence-corrected chi connectivity index (χ0v) is 25.3. The molecule has 0 aliphatic rings. The van der Waals surface area contributed by atoms with Crippen LogP contribution in [0, 0.1) is 6.92 Å². The van der Waals surface area contributed by atoms with Gasteiger partial charge in [-0.3, -0.25) is 0 Å². The first-order valence-corrected chi connectivity index (χ1v) is 15.0. The minimum Gasteiger partial charge on any atom is -0.456 e. The number of hydrogen-bond acceptors (Lipinski definition) is 1. The Labute approximate surface area is 247 Å². The Bertz CT molecular complexity index is 2080. The van der Waals surface area contributed by atoms with Gasteiger partial charge < -0.3 is 4.42 Å². The summed E-state index contributed by atoms with van der Waals surface area (Å²) in [5.74, 6) is 1.85. The summed E-state index contributed by atoms with van der Waals surface area (Å²) in [6.45, 7) is 11.5. The van der Waals surface area contributed by atoms with Gasteiger partial charge in [-0.25, -0.2) is 4.57 Å². The summed E-state index contributed by atoms with van der Waals surface area (Å²) in [6, 6.07) is 37.3. The van der Waals surface area contributed by atoms with Gasteiger partial charge in [0.1, 0.15) is 16.9 Å². The molecule has 0 radical (unpaired) electrons. The third-order valence-electron chi connectivity index (χ3n) is 8.72. The third kappa shape index (κ3) is 4.07. The Balaban J connectivity index is 1.61. The Morgan fingerprint density at radius 3 is 2.00 bits per heavy atom. The Kier molecular flexibility index (Phi) is 6.27. The highest BCUT2D eigenvalue weighted by Crippen LogP contribution is 2.41. The van der Waals surface area contributed by atoms with Crippen LogP contribution in [0.25, 0.3) is 61.2 Å². The van der Waals surface area contributed by atoms with Crippen molar-refractivity contribution in [2.75, 3.05) is 0 Å². The fourth-order valence-corrected chi connectivity index (χ4v) is 6.57. The highest BCUT2D eigenvalue weighted by molar-refractivity contribution is 6.06. The summed E-state index contributed by atoms with van der Waals surface area (Å²) in [5.41, 5.74) is 13.2. The van der Waals surface area contributed by atoms with Crippen LogP contribution in [0.3, 0.4) is 0 Å². The maximum atomic E-state index is 6.27. The van der Waals surface area contributed by atoms with Crippen molar-refractivity contribution >= 4 is 33.0 Å². The molecule has 5 aromatic carbocycles. The minimum atomic E-state index is 0.335. The summed E-state index contributed by atoms with van der Waals surface area (Å²) in [5, 5.41) is 2.30. The van der Waals surface area contributed by atoms with E-state index >= 15 is 0 Å². The second kappa shape index (κ2) is 10.0. The van der Waals surface area contributed by atoms with Crippen molar-refractivity contribution in [3.8, 4) is 28.2 Å². The van der Waals surface area contributed by atoms with E-state index in [0.29, 0.717) is 11.8 Å². The highest BCUT2D eigenvalue weighted by Gasteiger charge is 2.32. The molecular weight excluding hydrogens is 512 g/mol. The van der Waals surface area contributed by atoms with Crippen molar-refractivity contribution in [1.82, 2.24) is 4.57 Å². The van der Waals surface area contributed by atoms with Crippen LogP contribution in [-0.2, 0) is 7.05 Å². The normalized spacial score (nSPS) is 12.0. The largest absolute Gasteiger partial charge is 0.456 e. The first-order valence-electron chi connectivity index (χ1n) is 15.0. The zero-order valence-electron chi connectivity index (χ0n) is 25.3. The summed E-state index contributed by atoms with van der Waals surface area (Å²) in [6.07, 6.45) is 0. The average molecular weight is 550 g/mol. The smallest absolute Gasteiger partial charge is 0.295 e. The van der Waals surface area contributed by atoms with Gasteiger partial charge in [0.2, 0.25) is 0 Å². The number of para-hydroxylation sites is 3. The number of rotatable bonds is 5. The van der Waals surface area contributed by atoms with Crippen molar-refractivity contribution in [3.05, 3.63) is 120 Å². The van der Waals surface area contributed by atoms with Crippen LogP contribution >= 0.6 is 0 Å². The fraction of sp³-hybridized carbons (Fsp3) is 0.205. The van der Waals surface area contributed by atoms with E-state index in [1.54, 1.807) is 0 Å². The van der Waals surface area contributed by atoms with Crippen LogP contribution in [-0.4, -0.2) is 4.57 Å². The first-order chi connectivity index (χ1) is 20.3. The molecule has 0 saturated heterocycles. The topological polar surface area (TPSA) is 21.9 Å². The van der Waals surface area contributed by atoms with Gasteiger partial charge in [0.15, 0.2) is 11.0 Å². The molecule has 3 heteroatoms. The summed E-state index contributed by atoms with van der Waals surface area (Å²) >= 11 is 0. The molecule has 42 heavy (non-hydrogen) atoms. The Morgan fingerprint density at radius 2 is 1.29 bits per heavy atom. The second-order valence-electron chi connectivity index (χ2n) is 12.1. The number of fused-ring (bicyclic) bond motifs is 4. The fourth-order valence-electron chi connectivity index (χ4n) is 6.57. The van der Waals surface area contributed by atoms with E-state index in [1.807, 2.05) is 6.07 Å². The molecule has 0 atom stereocenters. The maximum Gasteiger partial charge on any atom is 0.295 e. The molecule has 3 nitrogen and oxygen atoms in total. The summed E-state index contributed by atoms with van der Waals surface area (Å²) in [4.78, 5) is 0. The van der Waals surface area contributed by atoms with Crippen molar-refractivity contribution < 1.29 is 8.98 Å². The second-order valence-corrected chi connectivity index (χ2v) is 12.1. The van der Waals surface area contributed by atoms with Crippen LogP contribution in [0.15, 0.2) is 108 Å². The molecule has 0 fully saturated rings. The van der Waals surface area contributed by atoms with Crippen LogP contribution in [0.4, 0.5) is 0 Å². The molecule has 7 aromatic rings. The van der Waals surface area contributed by atoms with E-state index in [0.717, 1.165) is 21.9 Å². The van der Waals surface area contributed by atoms with E-state index in [4.69, 9.17) is 4.42 Å². The van der Waals surface area contributed by atoms with E-state index in [-0.39, 0.29) is 0 Å². The molecule has 2 aromatic heterocycles. The molecule has 0 N–H and O–H groups in total. The minimum absolute atomic E-state index is 0.335. The Morgan fingerprint density at radius 1 is 0.643 bits per heavy atom. The molecule has 0 aliphatic carbocycles. The predicted octanol–water partition coefficient (Wildman–Crippen LogP) is 10.2. The number of imidazole rings is 1. The van der Waals surface area contributed by atoms with E-state index in [9.17, 15) is 0 Å². The van der Waals surface area contributed by atoms with Crippen molar-refractivity contribution in [2.24, 2.45) is 7.05 Å². The highest BCUT2D eigenvalue weighted by atomic mass is 16.3. The van der Waals surface area contributed by atoms with E-state index in [1.165, 1.54) is 55.9 Å². The molecule has 0 bridgehead atoms. The molecule has 0 unspecified atom stereocenters. The monoisotopic (exact) mass is 549 g/mol. The van der Waals surface area contributed by atoms with Crippen LogP contribution in [0.1, 0.15) is 56.2 Å². The summed E-state index contributed by atoms with van der Waals surface area (Å²) in [7, 11) is 2.20. The molecule has 0 saturated carbocycles. The van der Waals surface area contributed by atoms with Crippen LogP contribution in [0.2, 0.25) is 0 Å². The number of hydrogen-bond donors (Lipinski definition) is 0. The number of benzene rings is 5. The van der Waals surface area contributed by atoms with E-state index < -0.39 is 0 Å². The quantitative estimate of drug-likeness (QED) is 0.196. The van der Waals surface area contributed by atoms with Gasteiger partial charge in [0.25, 0.3) is 5.82 Å². The summed E-state index contributed by atoms with van der Waals surface area (Å²) < 4.78 is 11.2. The van der Waals surface area contributed by atoms with Gasteiger partial charge in [-0.15, -0.1) is 0 Å². The lowest BCUT2D eigenvalue weighted by Gasteiger charge is -2.21. The molecule has 7 rings (SSSR count). The number of furan rings is 1. The van der Waals surface area contributed by atoms with Gasteiger partial charge in [0.05, 0.1) is 12.6 Å². The van der Waals surface area contributed by atoms with Gasteiger partial charge in [-0.2, -0.15) is 4.57 Å². The predicted molar refractivity (Wildman–Crippen MR) is 176 cm³/mol. The van der Waals surface area contributed by atoms with Gasteiger partial charge in [0, 0.05) is 21.9 Å². The van der Waals surface area contributed by atoms with Crippen molar-refractivity contribution in [3.63, 3.8) is 0 Å². The standard InChI is InChI=1S/C39H37N2O/c1-24(2)30-21-28(27-14-8-7-9-15-27)22-31(25(3)4)38(30)41-35-18-12-11-17-34(35)40(6)39(41)32-23-33-29-16-10-13-19-36(29)42-37(33)20-26(32)5/h7-25H,1-6H3/q+1. The molecule has 0 aliphatic heterocycles. The molecule has 2 heterocycles. The average Bonchev–Trinajstić information content (AvgIpc) is 3.50. The first kappa shape index (κ1) is 26.3. The van der Waals surface area contributed by atoms with Gasteiger partial charge in [-0.1, -0.05) is 88.4 Å². The Hall–Kier alpha value is -4.63. The molecule has 208 valence electrons. The number of nitrogens with zero attached hydrogens (tertiary/aromatic N) is 2. The lowest BCUT2D eigenvalue weighted by atomic mass is 9.88. The SMILES string of the molecule is Cc1cc2oc3ccccc3c2cc1-c1n(-c2c(C(C)C)cc(-c3ccccc3)cc2C(C)C)c2ccccc2[n+]1C. The van der Waals surface area contributed by atoms with Gasteiger partial charge in [-0.05, 0) is 77.9 Å². The van der Waals surface area contributed by atoms with Gasteiger partial charge >= 0.3 is 0 Å². The zero-order chi connectivity index (χ0) is 29.1.